The van der Waals surface area contributed by atoms with Gasteiger partial charge in [0.25, 0.3) is 5.91 Å². The van der Waals surface area contributed by atoms with E-state index < -0.39 is 17.9 Å². The lowest BCUT2D eigenvalue weighted by molar-refractivity contribution is -0.144. The van der Waals surface area contributed by atoms with E-state index in [4.69, 9.17) is 20.8 Å². The Kier molecular flexibility index (Phi) is 5.22. The van der Waals surface area contributed by atoms with Gasteiger partial charge in [-0.05, 0) is 26.8 Å². The monoisotopic (exact) mass is 273 g/mol. The van der Waals surface area contributed by atoms with Crippen LogP contribution in [0, 0.1) is 6.92 Å². The van der Waals surface area contributed by atoms with Gasteiger partial charge in [-0.15, -0.1) is 11.6 Å². The number of carbonyl (C=O) groups excluding carboxylic acids is 2. The van der Waals surface area contributed by atoms with Crippen molar-refractivity contribution >= 4 is 23.5 Å². The van der Waals surface area contributed by atoms with Gasteiger partial charge in [-0.1, -0.05) is 0 Å². The average molecular weight is 274 g/mol. The van der Waals surface area contributed by atoms with Crippen molar-refractivity contribution in [3.63, 3.8) is 0 Å². The van der Waals surface area contributed by atoms with E-state index in [2.05, 4.69) is 5.32 Å². The molecule has 0 fully saturated rings. The van der Waals surface area contributed by atoms with Crippen molar-refractivity contribution < 1.29 is 18.7 Å². The molecule has 1 rings (SSSR count). The summed E-state index contributed by atoms with van der Waals surface area (Å²) in [5, 5.41) is 2.50. The minimum absolute atomic E-state index is 0.138. The Bertz CT molecular complexity index is 441. The molecule has 0 aliphatic carbocycles. The summed E-state index contributed by atoms with van der Waals surface area (Å²) in [6.45, 7) is 5.25. The first-order valence-electron chi connectivity index (χ1n) is 5.62. The lowest BCUT2D eigenvalue weighted by atomic mass is 10.2. The van der Waals surface area contributed by atoms with Crippen LogP contribution in [0.4, 0.5) is 0 Å². The Morgan fingerprint density at radius 3 is 2.72 bits per heavy atom. The molecule has 100 valence electrons. The molecule has 0 spiro atoms. The van der Waals surface area contributed by atoms with Crippen molar-refractivity contribution in [1.82, 2.24) is 5.32 Å². The number of aryl methyl sites for hydroxylation is 1. The number of hydrogen-bond acceptors (Lipinski definition) is 4. The summed E-state index contributed by atoms with van der Waals surface area (Å²) in [4.78, 5) is 23.1. The Hall–Kier alpha value is -1.49. The predicted molar refractivity (Wildman–Crippen MR) is 66.6 cm³/mol. The molecule has 0 saturated heterocycles. The minimum Gasteiger partial charge on any atom is -0.464 e. The molecule has 1 aromatic rings. The number of ether oxygens (including phenoxy) is 1. The molecule has 0 aliphatic heterocycles. The van der Waals surface area contributed by atoms with E-state index in [0.717, 1.165) is 5.56 Å². The third-order valence-corrected chi connectivity index (χ3v) is 2.66. The molecule has 1 amide bonds. The topological polar surface area (TPSA) is 68.5 Å². The van der Waals surface area contributed by atoms with E-state index in [1.807, 2.05) is 0 Å². The van der Waals surface area contributed by atoms with Gasteiger partial charge in [-0.3, -0.25) is 4.79 Å². The van der Waals surface area contributed by atoms with Crippen molar-refractivity contribution in [3.05, 3.63) is 23.2 Å². The quantitative estimate of drug-likeness (QED) is 0.658. The number of nitrogens with one attached hydrogen (secondary N) is 1. The summed E-state index contributed by atoms with van der Waals surface area (Å²) in [6, 6.07) is 0.845. The molecule has 1 N–H and O–H groups in total. The van der Waals surface area contributed by atoms with Gasteiger partial charge in [-0.25, -0.2) is 4.79 Å². The summed E-state index contributed by atoms with van der Waals surface area (Å²) in [5.41, 5.74) is 0.755. The Morgan fingerprint density at radius 2 is 2.22 bits per heavy atom. The first-order chi connectivity index (χ1) is 8.49. The number of furan rings is 1. The molecule has 6 heteroatoms. The maximum absolute atomic E-state index is 11.8. The number of esters is 1. The van der Waals surface area contributed by atoms with Crippen LogP contribution in [0.3, 0.4) is 0 Å². The highest BCUT2D eigenvalue weighted by molar-refractivity contribution is 6.17. The van der Waals surface area contributed by atoms with Crippen LogP contribution in [0.1, 0.15) is 35.7 Å². The molecule has 1 unspecified atom stereocenters. The van der Waals surface area contributed by atoms with Gasteiger partial charge in [0.15, 0.2) is 5.76 Å². The van der Waals surface area contributed by atoms with Crippen molar-refractivity contribution in [2.75, 3.05) is 6.61 Å². The minimum atomic E-state index is -0.720. The van der Waals surface area contributed by atoms with E-state index in [1.54, 1.807) is 26.8 Å². The Morgan fingerprint density at radius 1 is 1.56 bits per heavy atom. The molecule has 1 aromatic heterocycles. The molecular formula is C12H16ClNO4. The number of rotatable bonds is 5. The fourth-order valence-electron chi connectivity index (χ4n) is 1.36. The summed E-state index contributed by atoms with van der Waals surface area (Å²) in [5.74, 6) is 0.0655. The highest BCUT2D eigenvalue weighted by Crippen LogP contribution is 2.16. The molecule has 0 bridgehead atoms. The van der Waals surface area contributed by atoms with Gasteiger partial charge in [0.2, 0.25) is 0 Å². The number of alkyl halides is 1. The molecule has 0 radical (unpaired) electrons. The van der Waals surface area contributed by atoms with E-state index >= 15 is 0 Å². The summed E-state index contributed by atoms with van der Waals surface area (Å²) in [6.07, 6.45) is 0. The second-order valence-corrected chi connectivity index (χ2v) is 4.04. The first-order valence-corrected chi connectivity index (χ1v) is 6.15. The van der Waals surface area contributed by atoms with E-state index in [1.165, 1.54) is 0 Å². The standard InChI is InChI=1S/C12H16ClNO4/c1-4-17-12(16)7(2)14-11(15)10-5-9(6-13)8(3)18-10/h5,7H,4,6H2,1-3H3,(H,14,15). The zero-order valence-corrected chi connectivity index (χ0v) is 11.3. The second kappa shape index (κ2) is 6.44. The van der Waals surface area contributed by atoms with Gasteiger partial charge in [0, 0.05) is 5.56 Å². The van der Waals surface area contributed by atoms with E-state index in [-0.39, 0.29) is 18.2 Å². The van der Waals surface area contributed by atoms with Crippen molar-refractivity contribution in [3.8, 4) is 0 Å². The SMILES string of the molecule is CCOC(=O)C(C)NC(=O)c1cc(CCl)c(C)o1. The Labute approximate surface area is 110 Å². The number of amides is 1. The van der Waals surface area contributed by atoms with Crippen LogP contribution < -0.4 is 5.32 Å². The maximum atomic E-state index is 11.8. The van der Waals surface area contributed by atoms with Crippen LogP contribution >= 0.6 is 11.6 Å². The Balaban J connectivity index is 2.67. The van der Waals surface area contributed by atoms with Crippen molar-refractivity contribution in [2.45, 2.75) is 32.7 Å². The zero-order chi connectivity index (χ0) is 13.7. The van der Waals surface area contributed by atoms with E-state index in [0.29, 0.717) is 5.76 Å². The number of halogens is 1. The fourth-order valence-corrected chi connectivity index (χ4v) is 1.62. The normalized spacial score (nSPS) is 12.0. The average Bonchev–Trinajstić information content (AvgIpc) is 2.70. The van der Waals surface area contributed by atoms with Crippen LogP contribution in [-0.2, 0) is 15.4 Å². The lowest BCUT2D eigenvalue weighted by Crippen LogP contribution is -2.39. The molecule has 0 aromatic carbocycles. The second-order valence-electron chi connectivity index (χ2n) is 3.77. The molecule has 0 aliphatic rings. The summed E-state index contributed by atoms with van der Waals surface area (Å²) < 4.78 is 10.0. The number of hydrogen-bond donors (Lipinski definition) is 1. The molecule has 5 nitrogen and oxygen atoms in total. The number of carbonyl (C=O) groups is 2. The highest BCUT2D eigenvalue weighted by atomic mass is 35.5. The fraction of sp³-hybridized carbons (Fsp3) is 0.500. The van der Waals surface area contributed by atoms with Crippen LogP contribution in [0.5, 0.6) is 0 Å². The molecule has 18 heavy (non-hydrogen) atoms. The van der Waals surface area contributed by atoms with Crippen LogP contribution in [-0.4, -0.2) is 24.5 Å². The van der Waals surface area contributed by atoms with Crippen LogP contribution in [0.25, 0.3) is 0 Å². The van der Waals surface area contributed by atoms with Gasteiger partial charge < -0.3 is 14.5 Å². The summed E-state index contributed by atoms with van der Waals surface area (Å²) in [7, 11) is 0. The van der Waals surface area contributed by atoms with Crippen molar-refractivity contribution in [2.24, 2.45) is 0 Å². The lowest BCUT2D eigenvalue weighted by Gasteiger charge is -2.11. The predicted octanol–water partition coefficient (Wildman–Crippen LogP) is 2.01. The molecule has 0 saturated carbocycles. The van der Waals surface area contributed by atoms with E-state index in [9.17, 15) is 9.59 Å². The third-order valence-electron chi connectivity index (χ3n) is 2.38. The van der Waals surface area contributed by atoms with Gasteiger partial charge >= 0.3 is 5.97 Å². The third kappa shape index (κ3) is 3.50. The first kappa shape index (κ1) is 14.6. The maximum Gasteiger partial charge on any atom is 0.328 e. The van der Waals surface area contributed by atoms with Gasteiger partial charge in [0.05, 0.1) is 12.5 Å². The molecule has 1 atom stereocenters. The zero-order valence-electron chi connectivity index (χ0n) is 10.6. The van der Waals surface area contributed by atoms with Gasteiger partial charge in [-0.2, -0.15) is 0 Å². The van der Waals surface area contributed by atoms with Crippen LogP contribution in [0.2, 0.25) is 0 Å². The largest absolute Gasteiger partial charge is 0.464 e. The van der Waals surface area contributed by atoms with Crippen molar-refractivity contribution in [1.29, 1.82) is 0 Å². The summed E-state index contributed by atoms with van der Waals surface area (Å²) >= 11 is 5.68. The van der Waals surface area contributed by atoms with Gasteiger partial charge in [0.1, 0.15) is 11.8 Å². The van der Waals surface area contributed by atoms with Crippen LogP contribution in [0.15, 0.2) is 10.5 Å². The highest BCUT2D eigenvalue weighted by Gasteiger charge is 2.20. The molecular weight excluding hydrogens is 258 g/mol. The molecule has 1 heterocycles. The smallest absolute Gasteiger partial charge is 0.328 e.